The number of nitrogens with zero attached hydrogens (tertiary/aromatic N) is 2. The Morgan fingerprint density at radius 2 is 1.97 bits per heavy atom. The van der Waals surface area contributed by atoms with E-state index in [1.54, 1.807) is 4.90 Å². The van der Waals surface area contributed by atoms with Crippen LogP contribution < -0.4 is 16.0 Å². The molecule has 3 atom stereocenters. The van der Waals surface area contributed by atoms with Crippen LogP contribution in [0.3, 0.4) is 0 Å². The van der Waals surface area contributed by atoms with Crippen molar-refractivity contribution in [3.63, 3.8) is 0 Å². The molecule has 1 aromatic rings. The Balaban J connectivity index is 2.22. The first-order valence-corrected chi connectivity index (χ1v) is 10.2. The number of cyclic esters (lactones) is 1. The number of amides is 2. The molecule has 2 aliphatic rings. The van der Waals surface area contributed by atoms with Crippen molar-refractivity contribution < 1.29 is 28.3 Å². The van der Waals surface area contributed by atoms with Crippen LogP contribution in [0.2, 0.25) is 0 Å². The number of rotatable bonds is 8. The van der Waals surface area contributed by atoms with Gasteiger partial charge in [-0.25, -0.2) is 14.1 Å². The number of benzene rings is 1. The Hall–Kier alpha value is -2.85. The normalized spacial score (nSPS) is 25.2. The van der Waals surface area contributed by atoms with Gasteiger partial charge in [0.1, 0.15) is 11.6 Å². The molecule has 10 heteroatoms. The highest BCUT2D eigenvalue weighted by atomic mass is 19.1. The van der Waals surface area contributed by atoms with Crippen molar-refractivity contribution in [2.24, 2.45) is 11.7 Å². The maximum atomic E-state index is 14.1. The third-order valence-corrected chi connectivity index (χ3v) is 5.83. The molecular weight excluding hydrogens is 407 g/mol. The Morgan fingerprint density at radius 3 is 2.55 bits per heavy atom. The second kappa shape index (κ2) is 9.11. The highest BCUT2D eigenvalue weighted by Gasteiger charge is 2.65. The number of nitrogens with two attached hydrogens (primary N) is 1. The number of halogens is 1. The van der Waals surface area contributed by atoms with Crippen LogP contribution in [0, 0.1) is 11.7 Å². The third kappa shape index (κ3) is 4.17. The summed E-state index contributed by atoms with van der Waals surface area (Å²) in [4.78, 5) is 53.5. The summed E-state index contributed by atoms with van der Waals surface area (Å²) in [5, 5.41) is 3.18. The highest BCUT2D eigenvalue weighted by Crippen LogP contribution is 2.43. The lowest BCUT2D eigenvalue weighted by Crippen LogP contribution is -2.72. The molecule has 31 heavy (non-hydrogen) atoms. The molecule has 2 fully saturated rings. The molecule has 168 valence electrons. The number of anilines is 1. The fourth-order valence-corrected chi connectivity index (χ4v) is 4.29. The van der Waals surface area contributed by atoms with Crippen molar-refractivity contribution in [1.82, 2.24) is 10.2 Å². The van der Waals surface area contributed by atoms with Crippen molar-refractivity contribution in [3.8, 4) is 0 Å². The van der Waals surface area contributed by atoms with Gasteiger partial charge in [0.05, 0.1) is 11.6 Å². The van der Waals surface area contributed by atoms with Crippen LogP contribution in [-0.4, -0.2) is 66.4 Å². The van der Waals surface area contributed by atoms with Crippen molar-refractivity contribution in [2.45, 2.75) is 38.5 Å². The summed E-state index contributed by atoms with van der Waals surface area (Å²) in [6.45, 7) is 4.67. The third-order valence-electron chi connectivity index (χ3n) is 5.83. The Labute approximate surface area is 179 Å². The summed E-state index contributed by atoms with van der Waals surface area (Å²) in [7, 11) is 0. The molecule has 0 aromatic heterocycles. The number of piperazine rings is 1. The molecule has 0 aliphatic carbocycles. The topological polar surface area (TPSA) is 122 Å². The van der Waals surface area contributed by atoms with Crippen LogP contribution in [0.4, 0.5) is 14.9 Å². The monoisotopic (exact) mass is 434 g/mol. The van der Waals surface area contributed by atoms with E-state index < -0.39 is 41.3 Å². The van der Waals surface area contributed by atoms with Crippen LogP contribution >= 0.6 is 0 Å². The van der Waals surface area contributed by atoms with Crippen molar-refractivity contribution in [1.29, 1.82) is 0 Å². The van der Waals surface area contributed by atoms with Gasteiger partial charge in [0.25, 0.3) is 0 Å². The second-order valence-corrected chi connectivity index (χ2v) is 7.90. The molecular formula is C21H27FN4O5. The minimum atomic E-state index is -1.74. The standard InChI is InChI=1S/C21H27FN4O5/c1-13(27)6-7-17(28)21(25-10-8-24-9-11-25)18(14(2)19(23)29)31-20(30)26(21)16-5-3-4-15(22)12-16/h3-5,12,14,18,24H,6-11H2,1-2H3,(H2,23,29). The SMILES string of the molecule is CC(=O)CCC(=O)C1(N2CCNCC2)C(C(C)C(N)=O)OC(=O)N1c1cccc(F)c1. The van der Waals surface area contributed by atoms with E-state index >= 15 is 0 Å². The van der Waals surface area contributed by atoms with E-state index in [0.717, 1.165) is 11.0 Å². The summed E-state index contributed by atoms with van der Waals surface area (Å²) in [6.07, 6.45) is -2.30. The van der Waals surface area contributed by atoms with E-state index in [-0.39, 0.29) is 24.3 Å². The second-order valence-electron chi connectivity index (χ2n) is 7.90. The summed E-state index contributed by atoms with van der Waals surface area (Å²) in [5.41, 5.74) is 3.92. The largest absolute Gasteiger partial charge is 0.440 e. The maximum absolute atomic E-state index is 14.1. The van der Waals surface area contributed by atoms with Gasteiger partial charge in [-0.05, 0) is 32.0 Å². The first-order valence-electron chi connectivity index (χ1n) is 10.2. The summed E-state index contributed by atoms with van der Waals surface area (Å²) < 4.78 is 19.7. The first-order chi connectivity index (χ1) is 14.7. The molecule has 2 heterocycles. The smallest absolute Gasteiger partial charge is 0.416 e. The van der Waals surface area contributed by atoms with Gasteiger partial charge in [-0.2, -0.15) is 0 Å². The zero-order chi connectivity index (χ0) is 22.8. The minimum absolute atomic E-state index is 0.0322. The van der Waals surface area contributed by atoms with Gasteiger partial charge < -0.3 is 20.6 Å². The van der Waals surface area contributed by atoms with Crippen molar-refractivity contribution >= 4 is 29.3 Å². The fraction of sp³-hybridized carbons (Fsp3) is 0.524. The Kier molecular flexibility index (Phi) is 6.71. The van der Waals surface area contributed by atoms with Gasteiger partial charge in [-0.15, -0.1) is 0 Å². The van der Waals surface area contributed by atoms with Crippen LogP contribution in [0.5, 0.6) is 0 Å². The maximum Gasteiger partial charge on any atom is 0.416 e. The van der Waals surface area contributed by atoms with Crippen LogP contribution in [0.25, 0.3) is 0 Å². The quantitative estimate of drug-likeness (QED) is 0.621. The molecule has 2 amide bonds. The number of Topliss-reactive ketones (excluding diaryl/α,β-unsaturated/α-hetero) is 2. The average Bonchev–Trinajstić information content (AvgIpc) is 3.05. The molecule has 0 bridgehead atoms. The molecule has 0 radical (unpaired) electrons. The number of hydrogen-bond acceptors (Lipinski definition) is 7. The number of carbonyl (C=O) groups is 4. The lowest BCUT2D eigenvalue weighted by molar-refractivity contribution is -0.142. The van der Waals surface area contributed by atoms with Gasteiger partial charge >= 0.3 is 6.09 Å². The minimum Gasteiger partial charge on any atom is -0.440 e. The van der Waals surface area contributed by atoms with Gasteiger partial charge in [-0.3, -0.25) is 14.5 Å². The summed E-state index contributed by atoms with van der Waals surface area (Å²) in [6, 6.07) is 5.27. The van der Waals surface area contributed by atoms with E-state index in [2.05, 4.69) is 5.32 Å². The van der Waals surface area contributed by atoms with Crippen LogP contribution in [0.1, 0.15) is 26.7 Å². The van der Waals surface area contributed by atoms with Gasteiger partial charge in [0.2, 0.25) is 11.6 Å². The number of carbonyl (C=O) groups excluding carboxylic acids is 4. The summed E-state index contributed by atoms with van der Waals surface area (Å²) >= 11 is 0. The zero-order valence-corrected chi connectivity index (χ0v) is 17.6. The number of ether oxygens (including phenoxy) is 1. The van der Waals surface area contributed by atoms with Gasteiger partial charge in [-0.1, -0.05) is 6.07 Å². The molecule has 0 saturated carbocycles. The van der Waals surface area contributed by atoms with Crippen LogP contribution in [-0.2, 0) is 19.1 Å². The van der Waals surface area contributed by atoms with Crippen molar-refractivity contribution in [2.75, 3.05) is 31.1 Å². The van der Waals surface area contributed by atoms with Gasteiger partial charge in [0.15, 0.2) is 11.9 Å². The van der Waals surface area contributed by atoms with E-state index in [9.17, 15) is 23.6 Å². The van der Waals surface area contributed by atoms with Crippen LogP contribution in [0.15, 0.2) is 24.3 Å². The molecule has 2 aliphatic heterocycles. The number of primary amides is 1. The Bertz CT molecular complexity index is 888. The highest BCUT2D eigenvalue weighted by molar-refractivity contribution is 6.06. The predicted molar refractivity (Wildman–Crippen MR) is 110 cm³/mol. The number of hydrogen-bond donors (Lipinski definition) is 2. The average molecular weight is 434 g/mol. The summed E-state index contributed by atoms with van der Waals surface area (Å²) in [5.74, 6) is -2.98. The molecule has 3 unspecified atom stereocenters. The lowest BCUT2D eigenvalue weighted by atomic mass is 9.83. The number of nitrogens with one attached hydrogen (secondary N) is 1. The molecule has 9 nitrogen and oxygen atoms in total. The molecule has 3 rings (SSSR count). The van der Waals surface area contributed by atoms with E-state index in [1.807, 2.05) is 0 Å². The predicted octanol–water partition coefficient (Wildman–Crippen LogP) is 0.812. The first kappa shape index (κ1) is 22.8. The number of ketones is 2. The van der Waals surface area contributed by atoms with Gasteiger partial charge in [0, 0.05) is 39.0 Å². The zero-order valence-electron chi connectivity index (χ0n) is 17.6. The molecule has 3 N–H and O–H groups in total. The van der Waals surface area contributed by atoms with E-state index in [1.165, 1.54) is 32.0 Å². The molecule has 0 spiro atoms. The molecule has 2 saturated heterocycles. The molecule has 1 aromatic carbocycles. The fourth-order valence-electron chi connectivity index (χ4n) is 4.29. The van der Waals surface area contributed by atoms with E-state index in [0.29, 0.717) is 26.2 Å². The Morgan fingerprint density at radius 1 is 1.29 bits per heavy atom. The van der Waals surface area contributed by atoms with Crippen molar-refractivity contribution in [3.05, 3.63) is 30.1 Å². The lowest BCUT2D eigenvalue weighted by Gasteiger charge is -2.48. The van der Waals surface area contributed by atoms with E-state index in [4.69, 9.17) is 10.5 Å².